The van der Waals surface area contributed by atoms with Gasteiger partial charge in [-0.15, -0.1) is 0 Å². The monoisotopic (exact) mass is 373 g/mol. The first-order valence-corrected chi connectivity index (χ1v) is 9.42. The van der Waals surface area contributed by atoms with E-state index in [-0.39, 0.29) is 12.5 Å². The first-order chi connectivity index (χ1) is 13.1. The van der Waals surface area contributed by atoms with Crippen LogP contribution in [0.1, 0.15) is 24.8 Å². The Bertz CT molecular complexity index is 721. The summed E-state index contributed by atoms with van der Waals surface area (Å²) in [6, 6.07) is 9.33. The Hall–Kier alpha value is -2.54. The third-order valence-corrected chi connectivity index (χ3v) is 4.44. The number of carbonyl (C=O) groups is 1. The molecule has 2 aromatic rings. The molecule has 7 heteroatoms. The Morgan fingerprint density at radius 1 is 1.11 bits per heavy atom. The number of hydrogen-bond acceptors (Lipinski definition) is 6. The summed E-state index contributed by atoms with van der Waals surface area (Å²) in [6.45, 7) is 8.47. The second-order valence-corrected chi connectivity index (χ2v) is 6.70. The van der Waals surface area contributed by atoms with Gasteiger partial charge in [-0.2, -0.15) is 0 Å². The third kappa shape index (κ3) is 5.72. The first-order valence-electron chi connectivity index (χ1n) is 9.42. The molecule has 3 rings (SSSR count). The average Bonchev–Trinajstić information content (AvgIpc) is 3.10. The van der Waals surface area contributed by atoms with Crippen LogP contribution >= 0.6 is 0 Å². The summed E-state index contributed by atoms with van der Waals surface area (Å²) in [7, 11) is 0. The fourth-order valence-electron chi connectivity index (χ4n) is 2.95. The van der Waals surface area contributed by atoms with Crippen LogP contribution in [0.15, 0.2) is 34.9 Å². The van der Waals surface area contributed by atoms with Crippen LogP contribution < -0.4 is 9.47 Å². The van der Waals surface area contributed by atoms with Crippen molar-refractivity contribution >= 4 is 5.91 Å². The van der Waals surface area contributed by atoms with Crippen molar-refractivity contribution in [3.63, 3.8) is 0 Å². The van der Waals surface area contributed by atoms with Crippen LogP contribution in [0.2, 0.25) is 0 Å². The van der Waals surface area contributed by atoms with E-state index in [2.05, 4.69) is 17.0 Å². The molecule has 0 unspecified atom stereocenters. The summed E-state index contributed by atoms with van der Waals surface area (Å²) < 4.78 is 16.4. The van der Waals surface area contributed by atoms with Crippen molar-refractivity contribution < 1.29 is 18.8 Å². The van der Waals surface area contributed by atoms with Crippen molar-refractivity contribution in [1.82, 2.24) is 15.0 Å². The molecule has 1 aliphatic rings. The Balaban J connectivity index is 1.39. The van der Waals surface area contributed by atoms with Gasteiger partial charge in [0.25, 0.3) is 5.91 Å². The van der Waals surface area contributed by atoms with Crippen molar-refractivity contribution in [3.05, 3.63) is 41.8 Å². The number of rotatable bonds is 8. The third-order valence-electron chi connectivity index (χ3n) is 4.44. The molecule has 27 heavy (non-hydrogen) atoms. The van der Waals surface area contributed by atoms with Crippen LogP contribution in [-0.4, -0.2) is 60.3 Å². The van der Waals surface area contributed by atoms with Crippen LogP contribution in [0.25, 0.3) is 0 Å². The van der Waals surface area contributed by atoms with Crippen LogP contribution in [0, 0.1) is 6.92 Å². The molecule has 1 fully saturated rings. The van der Waals surface area contributed by atoms with E-state index in [1.807, 2.05) is 42.2 Å². The molecule has 1 aromatic heterocycles. The SMILES string of the molecule is CCCOc1ccc(OCC(=O)N2CCN(Cc3cc(C)no3)CC2)cc1. The lowest BCUT2D eigenvalue weighted by Crippen LogP contribution is -2.49. The van der Waals surface area contributed by atoms with Crippen molar-refractivity contribution in [2.45, 2.75) is 26.8 Å². The minimum Gasteiger partial charge on any atom is -0.494 e. The van der Waals surface area contributed by atoms with Gasteiger partial charge >= 0.3 is 0 Å². The van der Waals surface area contributed by atoms with Crippen molar-refractivity contribution in [3.8, 4) is 11.5 Å². The lowest BCUT2D eigenvalue weighted by Gasteiger charge is -2.34. The smallest absolute Gasteiger partial charge is 0.260 e. The molecule has 0 atom stereocenters. The number of nitrogens with zero attached hydrogens (tertiary/aromatic N) is 3. The predicted octanol–water partition coefficient (Wildman–Crippen LogP) is 2.50. The lowest BCUT2D eigenvalue weighted by molar-refractivity contribution is -0.135. The molecule has 0 bridgehead atoms. The van der Waals surface area contributed by atoms with Crippen molar-refractivity contribution in [2.75, 3.05) is 39.4 Å². The van der Waals surface area contributed by atoms with E-state index in [0.29, 0.717) is 25.4 Å². The molecule has 0 radical (unpaired) electrons. The molecule has 0 saturated carbocycles. The average molecular weight is 373 g/mol. The van der Waals surface area contributed by atoms with Gasteiger partial charge in [0, 0.05) is 32.2 Å². The van der Waals surface area contributed by atoms with Gasteiger partial charge in [-0.25, -0.2) is 0 Å². The molecule has 7 nitrogen and oxygen atoms in total. The summed E-state index contributed by atoms with van der Waals surface area (Å²) in [5.41, 5.74) is 0.890. The van der Waals surface area contributed by atoms with Crippen LogP contribution in [0.4, 0.5) is 0 Å². The quantitative estimate of drug-likeness (QED) is 0.708. The Kier molecular flexibility index (Phi) is 6.70. The van der Waals surface area contributed by atoms with E-state index in [1.165, 1.54) is 0 Å². The van der Waals surface area contributed by atoms with Crippen LogP contribution in [0.3, 0.4) is 0 Å². The van der Waals surface area contributed by atoms with Gasteiger partial charge < -0.3 is 18.9 Å². The van der Waals surface area contributed by atoms with Gasteiger partial charge in [-0.3, -0.25) is 9.69 Å². The normalized spacial score (nSPS) is 15.0. The molecule has 0 spiro atoms. The summed E-state index contributed by atoms with van der Waals surface area (Å²) in [5, 5.41) is 3.91. The summed E-state index contributed by atoms with van der Waals surface area (Å²) in [6.07, 6.45) is 0.970. The van der Waals surface area contributed by atoms with Gasteiger partial charge in [0.05, 0.1) is 18.8 Å². The number of hydrogen-bond donors (Lipinski definition) is 0. The highest BCUT2D eigenvalue weighted by Crippen LogP contribution is 2.18. The van der Waals surface area contributed by atoms with E-state index >= 15 is 0 Å². The van der Waals surface area contributed by atoms with Gasteiger partial charge in [-0.05, 0) is 37.6 Å². The second kappa shape index (κ2) is 9.41. The van der Waals surface area contributed by atoms with Gasteiger partial charge in [0.2, 0.25) is 0 Å². The molecule has 0 aliphatic carbocycles. The molecular weight excluding hydrogens is 346 g/mol. The summed E-state index contributed by atoms with van der Waals surface area (Å²) in [5.74, 6) is 2.36. The zero-order chi connectivity index (χ0) is 19.1. The Morgan fingerprint density at radius 2 is 1.78 bits per heavy atom. The number of benzene rings is 1. The van der Waals surface area contributed by atoms with Crippen molar-refractivity contribution in [2.24, 2.45) is 0 Å². The highest BCUT2D eigenvalue weighted by Gasteiger charge is 2.22. The maximum absolute atomic E-state index is 12.4. The van der Waals surface area contributed by atoms with E-state index in [1.54, 1.807) is 0 Å². The lowest BCUT2D eigenvalue weighted by atomic mass is 10.3. The van der Waals surface area contributed by atoms with Gasteiger partial charge in [0.1, 0.15) is 11.5 Å². The zero-order valence-electron chi connectivity index (χ0n) is 16.0. The minimum absolute atomic E-state index is 0.0106. The highest BCUT2D eigenvalue weighted by atomic mass is 16.5. The molecule has 1 amide bonds. The number of carbonyl (C=O) groups excluding carboxylic acids is 1. The van der Waals surface area contributed by atoms with Crippen LogP contribution in [-0.2, 0) is 11.3 Å². The predicted molar refractivity (Wildman–Crippen MR) is 101 cm³/mol. The number of aryl methyl sites for hydroxylation is 1. The zero-order valence-corrected chi connectivity index (χ0v) is 16.0. The molecule has 1 aromatic carbocycles. The number of aromatic nitrogens is 1. The van der Waals surface area contributed by atoms with Gasteiger partial charge in [-0.1, -0.05) is 12.1 Å². The van der Waals surface area contributed by atoms with E-state index in [4.69, 9.17) is 14.0 Å². The summed E-state index contributed by atoms with van der Waals surface area (Å²) >= 11 is 0. The first kappa shape index (κ1) is 19.2. The highest BCUT2D eigenvalue weighted by molar-refractivity contribution is 5.77. The Morgan fingerprint density at radius 3 is 2.37 bits per heavy atom. The molecule has 1 saturated heterocycles. The van der Waals surface area contributed by atoms with E-state index in [9.17, 15) is 4.79 Å². The number of piperazine rings is 1. The van der Waals surface area contributed by atoms with Crippen molar-refractivity contribution in [1.29, 1.82) is 0 Å². The number of ether oxygens (including phenoxy) is 2. The largest absolute Gasteiger partial charge is 0.494 e. The summed E-state index contributed by atoms with van der Waals surface area (Å²) in [4.78, 5) is 16.5. The molecule has 2 heterocycles. The van der Waals surface area contributed by atoms with Crippen LogP contribution in [0.5, 0.6) is 11.5 Å². The maximum Gasteiger partial charge on any atom is 0.260 e. The second-order valence-electron chi connectivity index (χ2n) is 6.70. The minimum atomic E-state index is 0.0106. The molecule has 146 valence electrons. The maximum atomic E-state index is 12.4. The standard InChI is InChI=1S/C20H27N3O4/c1-3-12-25-17-4-6-18(7-5-17)26-15-20(24)23-10-8-22(9-11-23)14-19-13-16(2)21-27-19/h4-7,13H,3,8-12,14-15H2,1-2H3. The fourth-order valence-corrected chi connectivity index (χ4v) is 2.95. The Labute approximate surface area is 159 Å². The molecular formula is C20H27N3O4. The van der Waals surface area contributed by atoms with E-state index < -0.39 is 0 Å². The molecule has 1 aliphatic heterocycles. The topological polar surface area (TPSA) is 68.0 Å². The van der Waals surface area contributed by atoms with Gasteiger partial charge in [0.15, 0.2) is 12.4 Å². The van der Waals surface area contributed by atoms with E-state index in [0.717, 1.165) is 43.3 Å². The fraction of sp³-hybridized carbons (Fsp3) is 0.500. The molecule has 0 N–H and O–H groups in total. The number of amides is 1.